The number of ether oxygens (including phenoxy) is 2. The molecule has 0 spiro atoms. The number of allylic oxidation sites excluding steroid dienone is 2. The van der Waals surface area contributed by atoms with Crippen LogP contribution in [0.3, 0.4) is 0 Å². The van der Waals surface area contributed by atoms with Crippen molar-refractivity contribution in [1.29, 1.82) is 10.5 Å². The fourth-order valence-electron chi connectivity index (χ4n) is 2.38. The van der Waals surface area contributed by atoms with Crippen molar-refractivity contribution >= 4 is 22.0 Å². The molecule has 2 aromatic rings. The molecule has 0 aliphatic carbocycles. The second-order valence-electron chi connectivity index (χ2n) is 5.40. The molecule has 4 nitrogen and oxygen atoms in total. The predicted octanol–water partition coefficient (Wildman–Crippen LogP) is 5.20. The monoisotopic (exact) mass is 408 g/mol. The van der Waals surface area contributed by atoms with E-state index in [4.69, 9.17) is 20.0 Å². The standard InChI is InChI=1S/C21H17BrN2O2/c1-3-4-18-10-16(9-17(12-23)13-24)11-20(25-2)21(18)26-14-15-5-7-19(22)8-6-15/h3,5-11H,1,4,14H2,2H3. The first-order valence-electron chi connectivity index (χ1n) is 7.82. The minimum absolute atomic E-state index is 0.0279. The Morgan fingerprint density at radius 1 is 1.19 bits per heavy atom. The molecule has 2 aromatic carbocycles. The molecule has 0 saturated heterocycles. The van der Waals surface area contributed by atoms with Crippen molar-refractivity contribution in [3.8, 4) is 23.6 Å². The molecule has 26 heavy (non-hydrogen) atoms. The average Bonchev–Trinajstić information content (AvgIpc) is 2.66. The number of rotatable bonds is 7. The Hall–Kier alpha value is -3.02. The van der Waals surface area contributed by atoms with Gasteiger partial charge in [0.2, 0.25) is 0 Å². The summed E-state index contributed by atoms with van der Waals surface area (Å²) in [6, 6.07) is 15.2. The van der Waals surface area contributed by atoms with Gasteiger partial charge in [0.15, 0.2) is 11.5 Å². The van der Waals surface area contributed by atoms with Gasteiger partial charge in [-0.3, -0.25) is 0 Å². The van der Waals surface area contributed by atoms with Crippen LogP contribution >= 0.6 is 15.9 Å². The van der Waals surface area contributed by atoms with Gasteiger partial charge >= 0.3 is 0 Å². The van der Waals surface area contributed by atoms with Crippen molar-refractivity contribution in [2.75, 3.05) is 7.11 Å². The van der Waals surface area contributed by atoms with Crippen molar-refractivity contribution < 1.29 is 9.47 Å². The van der Waals surface area contributed by atoms with Gasteiger partial charge in [0.1, 0.15) is 24.3 Å². The zero-order valence-corrected chi connectivity index (χ0v) is 15.9. The second-order valence-corrected chi connectivity index (χ2v) is 6.32. The maximum atomic E-state index is 8.95. The summed E-state index contributed by atoms with van der Waals surface area (Å²) < 4.78 is 12.5. The average molecular weight is 409 g/mol. The van der Waals surface area contributed by atoms with Crippen molar-refractivity contribution in [3.05, 3.63) is 75.8 Å². The molecule has 5 heteroatoms. The number of nitriles is 2. The van der Waals surface area contributed by atoms with Crippen LogP contribution in [0.5, 0.6) is 11.5 Å². The maximum absolute atomic E-state index is 8.95. The van der Waals surface area contributed by atoms with E-state index in [1.54, 1.807) is 19.3 Å². The highest BCUT2D eigenvalue weighted by molar-refractivity contribution is 9.10. The lowest BCUT2D eigenvalue weighted by atomic mass is 10.0. The van der Waals surface area contributed by atoms with Crippen LogP contribution in [0.25, 0.3) is 6.08 Å². The normalized spacial score (nSPS) is 9.54. The van der Waals surface area contributed by atoms with Gasteiger partial charge < -0.3 is 9.47 Å². The van der Waals surface area contributed by atoms with E-state index < -0.39 is 0 Å². The van der Waals surface area contributed by atoms with Gasteiger partial charge in [-0.1, -0.05) is 34.1 Å². The first kappa shape index (κ1) is 19.3. The van der Waals surface area contributed by atoms with Crippen LogP contribution < -0.4 is 9.47 Å². The first-order valence-corrected chi connectivity index (χ1v) is 8.61. The quantitative estimate of drug-likeness (QED) is 0.466. The van der Waals surface area contributed by atoms with Crippen LogP contribution in [0.2, 0.25) is 0 Å². The summed E-state index contributed by atoms with van der Waals surface area (Å²) in [4.78, 5) is 0. The first-order chi connectivity index (χ1) is 12.6. The third kappa shape index (κ3) is 4.99. The number of halogens is 1. The fraction of sp³-hybridized carbons (Fsp3) is 0.143. The van der Waals surface area contributed by atoms with Crippen molar-refractivity contribution in [2.45, 2.75) is 13.0 Å². The molecular weight excluding hydrogens is 392 g/mol. The second kappa shape index (κ2) is 9.46. The van der Waals surface area contributed by atoms with Crippen molar-refractivity contribution in [2.24, 2.45) is 0 Å². The summed E-state index contributed by atoms with van der Waals surface area (Å²) in [7, 11) is 1.56. The van der Waals surface area contributed by atoms with E-state index in [1.807, 2.05) is 42.5 Å². The van der Waals surface area contributed by atoms with Gasteiger partial charge in [-0.15, -0.1) is 6.58 Å². The molecule has 0 saturated carbocycles. The number of nitrogens with zero attached hydrogens (tertiary/aromatic N) is 2. The maximum Gasteiger partial charge on any atom is 0.165 e. The Balaban J connectivity index is 2.39. The van der Waals surface area contributed by atoms with Crippen molar-refractivity contribution in [3.63, 3.8) is 0 Å². The van der Waals surface area contributed by atoms with E-state index in [0.29, 0.717) is 30.1 Å². The molecule has 0 fully saturated rings. The summed E-state index contributed by atoms with van der Waals surface area (Å²) >= 11 is 3.41. The van der Waals surface area contributed by atoms with E-state index >= 15 is 0 Å². The topological polar surface area (TPSA) is 66.0 Å². The molecule has 0 aliphatic heterocycles. The van der Waals surface area contributed by atoms with Crippen LogP contribution in [0.1, 0.15) is 16.7 Å². The highest BCUT2D eigenvalue weighted by Gasteiger charge is 2.13. The molecule has 130 valence electrons. The Kier molecular flexibility index (Phi) is 7.02. The smallest absolute Gasteiger partial charge is 0.165 e. The summed E-state index contributed by atoms with van der Waals surface area (Å²) in [6.45, 7) is 4.18. The Bertz CT molecular complexity index is 887. The van der Waals surface area contributed by atoms with Crippen LogP contribution in [0.4, 0.5) is 0 Å². The third-order valence-corrected chi connectivity index (χ3v) is 4.12. The van der Waals surface area contributed by atoms with Gasteiger partial charge in [-0.25, -0.2) is 0 Å². The van der Waals surface area contributed by atoms with E-state index in [9.17, 15) is 0 Å². The van der Waals surface area contributed by atoms with E-state index in [-0.39, 0.29) is 5.57 Å². The molecule has 0 bridgehead atoms. The molecule has 0 aromatic heterocycles. The number of hydrogen-bond acceptors (Lipinski definition) is 4. The van der Waals surface area contributed by atoms with E-state index in [1.165, 1.54) is 6.08 Å². The summed E-state index contributed by atoms with van der Waals surface area (Å²) in [5.41, 5.74) is 2.63. The van der Waals surface area contributed by atoms with Gasteiger partial charge in [0.05, 0.1) is 7.11 Å². The van der Waals surface area contributed by atoms with E-state index in [0.717, 1.165) is 15.6 Å². The zero-order valence-electron chi connectivity index (χ0n) is 14.3. The van der Waals surface area contributed by atoms with Gasteiger partial charge in [-0.05, 0) is 47.9 Å². The molecule has 0 radical (unpaired) electrons. The molecule has 0 amide bonds. The molecule has 0 unspecified atom stereocenters. The summed E-state index contributed by atoms with van der Waals surface area (Å²) in [5.74, 6) is 1.17. The van der Waals surface area contributed by atoms with Gasteiger partial charge in [0, 0.05) is 10.0 Å². The molecule has 0 atom stereocenters. The fourth-order valence-corrected chi connectivity index (χ4v) is 2.65. The van der Waals surface area contributed by atoms with Crippen LogP contribution in [-0.2, 0) is 13.0 Å². The van der Waals surface area contributed by atoms with Gasteiger partial charge in [-0.2, -0.15) is 10.5 Å². The number of benzene rings is 2. The minimum atomic E-state index is 0.0279. The minimum Gasteiger partial charge on any atom is -0.493 e. The summed E-state index contributed by atoms with van der Waals surface area (Å²) in [6.07, 6.45) is 3.86. The Labute approximate surface area is 161 Å². The molecule has 0 heterocycles. The van der Waals surface area contributed by atoms with Crippen molar-refractivity contribution in [1.82, 2.24) is 0 Å². The molecule has 0 N–H and O–H groups in total. The van der Waals surface area contributed by atoms with Crippen LogP contribution in [-0.4, -0.2) is 7.11 Å². The summed E-state index contributed by atoms with van der Waals surface area (Å²) in [5, 5.41) is 17.9. The number of methoxy groups -OCH3 is 1. The highest BCUT2D eigenvalue weighted by atomic mass is 79.9. The molecule has 0 aliphatic rings. The predicted molar refractivity (Wildman–Crippen MR) is 105 cm³/mol. The lowest BCUT2D eigenvalue weighted by Gasteiger charge is -2.16. The molecule has 2 rings (SSSR count). The highest BCUT2D eigenvalue weighted by Crippen LogP contribution is 2.35. The Morgan fingerprint density at radius 3 is 2.46 bits per heavy atom. The lowest BCUT2D eigenvalue weighted by Crippen LogP contribution is -2.01. The van der Waals surface area contributed by atoms with Crippen LogP contribution in [0, 0.1) is 22.7 Å². The SMILES string of the molecule is C=CCc1cc(C=C(C#N)C#N)cc(OC)c1OCc1ccc(Br)cc1. The van der Waals surface area contributed by atoms with Crippen LogP contribution in [0.15, 0.2) is 59.1 Å². The number of hydrogen-bond donors (Lipinski definition) is 0. The van der Waals surface area contributed by atoms with Gasteiger partial charge in [0.25, 0.3) is 0 Å². The third-order valence-electron chi connectivity index (χ3n) is 3.59. The van der Waals surface area contributed by atoms with E-state index in [2.05, 4.69) is 22.5 Å². The molecular formula is C21H17BrN2O2. The lowest BCUT2D eigenvalue weighted by molar-refractivity contribution is 0.282. The zero-order chi connectivity index (χ0) is 18.9. The Morgan fingerprint density at radius 2 is 1.88 bits per heavy atom. The largest absolute Gasteiger partial charge is 0.493 e.